The standard InChI is InChI=1S/C12H26N2/c1-11(2)6-7-13-9-12-5-4-8-14(3)10-12/h11-13H,4-10H2,1-3H3. The van der Waals surface area contributed by atoms with Crippen molar-refractivity contribution in [1.29, 1.82) is 0 Å². The molecule has 0 spiro atoms. The van der Waals surface area contributed by atoms with Crippen molar-refractivity contribution < 1.29 is 0 Å². The predicted molar refractivity (Wildman–Crippen MR) is 62.5 cm³/mol. The molecule has 0 aromatic carbocycles. The van der Waals surface area contributed by atoms with Crippen molar-refractivity contribution in [2.75, 3.05) is 33.2 Å². The highest BCUT2D eigenvalue weighted by Gasteiger charge is 2.16. The van der Waals surface area contributed by atoms with Gasteiger partial charge in [0.2, 0.25) is 0 Å². The summed E-state index contributed by atoms with van der Waals surface area (Å²) in [4.78, 5) is 2.46. The highest BCUT2D eigenvalue weighted by atomic mass is 15.1. The molecule has 0 bridgehead atoms. The first-order chi connectivity index (χ1) is 6.68. The fourth-order valence-electron chi connectivity index (χ4n) is 2.14. The van der Waals surface area contributed by atoms with Crippen LogP contribution >= 0.6 is 0 Å². The molecule has 0 saturated carbocycles. The third-order valence-electron chi connectivity index (χ3n) is 3.05. The van der Waals surface area contributed by atoms with Gasteiger partial charge in [-0.15, -0.1) is 0 Å². The molecular weight excluding hydrogens is 172 g/mol. The van der Waals surface area contributed by atoms with Gasteiger partial charge in [-0.1, -0.05) is 13.8 Å². The van der Waals surface area contributed by atoms with E-state index in [1.165, 1.54) is 45.4 Å². The normalized spacial score (nSPS) is 24.4. The Morgan fingerprint density at radius 1 is 1.43 bits per heavy atom. The first-order valence-corrected chi connectivity index (χ1v) is 6.07. The molecule has 2 heteroatoms. The molecule has 1 unspecified atom stereocenters. The molecule has 1 aliphatic rings. The molecule has 1 rings (SSSR count). The zero-order valence-electron chi connectivity index (χ0n) is 10.1. The van der Waals surface area contributed by atoms with Gasteiger partial charge in [0.05, 0.1) is 0 Å². The maximum Gasteiger partial charge on any atom is 0.00187 e. The van der Waals surface area contributed by atoms with Crippen LogP contribution in [0.4, 0.5) is 0 Å². The van der Waals surface area contributed by atoms with E-state index in [-0.39, 0.29) is 0 Å². The number of nitrogens with zero attached hydrogens (tertiary/aromatic N) is 1. The number of rotatable bonds is 5. The minimum absolute atomic E-state index is 0.830. The summed E-state index contributed by atoms with van der Waals surface area (Å²) in [6.45, 7) is 9.57. The summed E-state index contributed by atoms with van der Waals surface area (Å²) >= 11 is 0. The monoisotopic (exact) mass is 198 g/mol. The largest absolute Gasteiger partial charge is 0.316 e. The van der Waals surface area contributed by atoms with Gasteiger partial charge in [0, 0.05) is 6.54 Å². The Hall–Kier alpha value is -0.0800. The lowest BCUT2D eigenvalue weighted by Gasteiger charge is -2.29. The van der Waals surface area contributed by atoms with Gasteiger partial charge < -0.3 is 10.2 Å². The molecule has 1 heterocycles. The summed E-state index contributed by atoms with van der Waals surface area (Å²) in [5, 5.41) is 3.58. The maximum atomic E-state index is 3.58. The van der Waals surface area contributed by atoms with E-state index in [1.54, 1.807) is 0 Å². The van der Waals surface area contributed by atoms with E-state index >= 15 is 0 Å². The smallest absolute Gasteiger partial charge is 0.00187 e. The highest BCUT2D eigenvalue weighted by molar-refractivity contribution is 4.72. The van der Waals surface area contributed by atoms with Crippen LogP contribution in [0.1, 0.15) is 33.1 Å². The minimum atomic E-state index is 0.830. The summed E-state index contributed by atoms with van der Waals surface area (Å²) in [7, 11) is 2.24. The number of hydrogen-bond donors (Lipinski definition) is 1. The summed E-state index contributed by atoms with van der Waals surface area (Å²) in [6.07, 6.45) is 4.11. The molecule has 0 radical (unpaired) electrons. The van der Waals surface area contributed by atoms with Crippen LogP contribution in [0.3, 0.4) is 0 Å². The fraction of sp³-hybridized carbons (Fsp3) is 1.00. The predicted octanol–water partition coefficient (Wildman–Crippen LogP) is 1.96. The van der Waals surface area contributed by atoms with Crippen LogP contribution in [0, 0.1) is 11.8 Å². The Kier molecular flexibility index (Phi) is 5.49. The second-order valence-corrected chi connectivity index (χ2v) is 5.16. The molecule has 0 aliphatic carbocycles. The summed E-state index contributed by atoms with van der Waals surface area (Å²) in [5.74, 6) is 1.72. The van der Waals surface area contributed by atoms with E-state index in [0.29, 0.717) is 0 Å². The Balaban J connectivity index is 2.00. The molecule has 0 amide bonds. The average Bonchev–Trinajstić information content (AvgIpc) is 2.12. The molecule has 0 aromatic rings. The maximum absolute atomic E-state index is 3.58. The van der Waals surface area contributed by atoms with E-state index < -0.39 is 0 Å². The molecular formula is C12H26N2. The number of likely N-dealkylation sites (tertiary alicyclic amines) is 1. The lowest BCUT2D eigenvalue weighted by atomic mass is 9.98. The van der Waals surface area contributed by atoms with Crippen LogP contribution in [-0.2, 0) is 0 Å². The topological polar surface area (TPSA) is 15.3 Å². The molecule has 0 aromatic heterocycles. The van der Waals surface area contributed by atoms with Gasteiger partial charge in [-0.05, 0) is 57.8 Å². The second-order valence-electron chi connectivity index (χ2n) is 5.16. The number of hydrogen-bond acceptors (Lipinski definition) is 2. The highest BCUT2D eigenvalue weighted by Crippen LogP contribution is 2.13. The molecule has 2 nitrogen and oxygen atoms in total. The van der Waals surface area contributed by atoms with Crippen molar-refractivity contribution in [3.8, 4) is 0 Å². The van der Waals surface area contributed by atoms with Crippen LogP contribution in [0.25, 0.3) is 0 Å². The Bertz CT molecular complexity index is 145. The van der Waals surface area contributed by atoms with Crippen LogP contribution in [-0.4, -0.2) is 38.1 Å². The van der Waals surface area contributed by atoms with Crippen LogP contribution in [0.5, 0.6) is 0 Å². The Labute approximate surface area is 89.1 Å². The van der Waals surface area contributed by atoms with E-state index in [1.807, 2.05) is 0 Å². The third-order valence-corrected chi connectivity index (χ3v) is 3.05. The molecule has 1 N–H and O–H groups in total. The molecule has 1 atom stereocenters. The lowest BCUT2D eigenvalue weighted by molar-refractivity contribution is 0.206. The van der Waals surface area contributed by atoms with Gasteiger partial charge in [-0.25, -0.2) is 0 Å². The van der Waals surface area contributed by atoms with Crippen molar-refractivity contribution in [1.82, 2.24) is 10.2 Å². The molecule has 1 saturated heterocycles. The van der Waals surface area contributed by atoms with Crippen molar-refractivity contribution in [3.05, 3.63) is 0 Å². The van der Waals surface area contributed by atoms with E-state index in [9.17, 15) is 0 Å². The van der Waals surface area contributed by atoms with E-state index in [2.05, 4.69) is 31.1 Å². The van der Waals surface area contributed by atoms with Gasteiger partial charge >= 0.3 is 0 Å². The zero-order chi connectivity index (χ0) is 10.4. The average molecular weight is 198 g/mol. The van der Waals surface area contributed by atoms with Gasteiger partial charge in [0.15, 0.2) is 0 Å². The third kappa shape index (κ3) is 4.97. The van der Waals surface area contributed by atoms with Crippen LogP contribution < -0.4 is 5.32 Å². The first-order valence-electron chi connectivity index (χ1n) is 6.07. The van der Waals surface area contributed by atoms with E-state index in [0.717, 1.165) is 11.8 Å². The second kappa shape index (κ2) is 6.41. The quantitative estimate of drug-likeness (QED) is 0.679. The lowest BCUT2D eigenvalue weighted by Crippen LogP contribution is -2.37. The van der Waals surface area contributed by atoms with Crippen LogP contribution in [0.15, 0.2) is 0 Å². The summed E-state index contributed by atoms with van der Waals surface area (Å²) < 4.78 is 0. The minimum Gasteiger partial charge on any atom is -0.316 e. The van der Waals surface area contributed by atoms with Crippen molar-refractivity contribution >= 4 is 0 Å². The van der Waals surface area contributed by atoms with Crippen molar-refractivity contribution in [3.63, 3.8) is 0 Å². The molecule has 84 valence electrons. The molecule has 14 heavy (non-hydrogen) atoms. The first kappa shape index (κ1) is 12.0. The van der Waals surface area contributed by atoms with E-state index in [4.69, 9.17) is 0 Å². The van der Waals surface area contributed by atoms with Crippen molar-refractivity contribution in [2.24, 2.45) is 11.8 Å². The zero-order valence-corrected chi connectivity index (χ0v) is 10.1. The molecule has 1 aliphatic heterocycles. The van der Waals surface area contributed by atoms with Gasteiger partial charge in [-0.2, -0.15) is 0 Å². The number of piperidine rings is 1. The Morgan fingerprint density at radius 2 is 2.21 bits per heavy atom. The SMILES string of the molecule is CC(C)CCNCC1CCCN(C)C1. The molecule has 1 fully saturated rings. The summed E-state index contributed by atoms with van der Waals surface area (Å²) in [5.41, 5.74) is 0. The van der Waals surface area contributed by atoms with Crippen LogP contribution in [0.2, 0.25) is 0 Å². The fourth-order valence-corrected chi connectivity index (χ4v) is 2.14. The Morgan fingerprint density at radius 3 is 2.86 bits per heavy atom. The van der Waals surface area contributed by atoms with Gasteiger partial charge in [-0.3, -0.25) is 0 Å². The van der Waals surface area contributed by atoms with Crippen molar-refractivity contribution in [2.45, 2.75) is 33.1 Å². The van der Waals surface area contributed by atoms with Gasteiger partial charge in [0.25, 0.3) is 0 Å². The summed E-state index contributed by atoms with van der Waals surface area (Å²) in [6, 6.07) is 0. The number of nitrogens with one attached hydrogen (secondary N) is 1. The van der Waals surface area contributed by atoms with Gasteiger partial charge in [0.1, 0.15) is 0 Å².